The lowest BCUT2D eigenvalue weighted by atomic mass is 10.1. The van der Waals surface area contributed by atoms with Crippen LogP contribution in [0.4, 0.5) is 0 Å². The molecule has 2 aliphatic heterocycles. The van der Waals surface area contributed by atoms with Gasteiger partial charge in [-0.15, -0.1) is 0 Å². The van der Waals surface area contributed by atoms with Crippen LogP contribution in [0.2, 0.25) is 0 Å². The van der Waals surface area contributed by atoms with E-state index in [0.29, 0.717) is 19.2 Å². The zero-order valence-electron chi connectivity index (χ0n) is 15.2. The average molecular weight is 368 g/mol. The summed E-state index contributed by atoms with van der Waals surface area (Å²) in [7, 11) is -3.06. The number of aryl methyl sites for hydroxylation is 1. The zero-order chi connectivity index (χ0) is 17.9. The lowest BCUT2D eigenvalue weighted by molar-refractivity contribution is 0.161. The van der Waals surface area contributed by atoms with E-state index in [-0.39, 0.29) is 0 Å². The third-order valence-electron chi connectivity index (χ3n) is 5.03. The van der Waals surface area contributed by atoms with Gasteiger partial charge in [0.2, 0.25) is 10.0 Å². The number of piperazine rings is 1. The van der Waals surface area contributed by atoms with Crippen LogP contribution >= 0.6 is 0 Å². The molecule has 0 radical (unpaired) electrons. The highest BCUT2D eigenvalue weighted by Gasteiger charge is 2.23. The Morgan fingerprint density at radius 2 is 1.84 bits per heavy atom. The Hall–Kier alpha value is -1.15. The van der Waals surface area contributed by atoms with Gasteiger partial charge in [0.1, 0.15) is 11.9 Å². The number of nitrogens with one attached hydrogen (secondary N) is 1. The molecule has 0 spiro atoms. The lowest BCUT2D eigenvalue weighted by Gasteiger charge is -2.33. The lowest BCUT2D eigenvalue weighted by Crippen LogP contribution is -2.47. The first-order valence-electron chi connectivity index (χ1n) is 9.06. The minimum absolute atomic E-state index is 0.315. The minimum atomic E-state index is -3.06. The van der Waals surface area contributed by atoms with Crippen molar-refractivity contribution in [3.8, 4) is 5.75 Å². The second-order valence-corrected chi connectivity index (χ2v) is 9.09. The van der Waals surface area contributed by atoms with Crippen molar-refractivity contribution in [2.45, 2.75) is 32.4 Å². The maximum absolute atomic E-state index is 11.6. The molecule has 2 aliphatic rings. The van der Waals surface area contributed by atoms with Gasteiger partial charge in [-0.05, 0) is 50.0 Å². The molecule has 0 bridgehead atoms. The number of rotatable bonds is 5. The van der Waals surface area contributed by atoms with E-state index >= 15 is 0 Å². The molecule has 0 aromatic heterocycles. The van der Waals surface area contributed by atoms with Gasteiger partial charge in [-0.25, -0.2) is 8.42 Å². The minimum Gasteiger partial charge on any atom is -0.490 e. The van der Waals surface area contributed by atoms with Crippen LogP contribution in [0.5, 0.6) is 5.75 Å². The van der Waals surface area contributed by atoms with Crippen LogP contribution in [-0.4, -0.2) is 69.3 Å². The summed E-state index contributed by atoms with van der Waals surface area (Å²) >= 11 is 0. The highest BCUT2D eigenvalue weighted by Crippen LogP contribution is 2.23. The van der Waals surface area contributed by atoms with Gasteiger partial charge in [-0.1, -0.05) is 12.1 Å². The van der Waals surface area contributed by atoms with Gasteiger partial charge < -0.3 is 10.1 Å². The topological polar surface area (TPSA) is 61.9 Å². The summed E-state index contributed by atoms with van der Waals surface area (Å²) in [5.41, 5.74) is 2.42. The Kier molecular flexibility index (Phi) is 5.99. The second-order valence-electron chi connectivity index (χ2n) is 7.11. The Morgan fingerprint density at radius 3 is 2.44 bits per heavy atom. The number of ether oxygens (including phenoxy) is 1. The van der Waals surface area contributed by atoms with Gasteiger partial charge in [-0.2, -0.15) is 4.31 Å². The fraction of sp³-hybridized carbons (Fsp3) is 0.667. The molecule has 0 amide bonds. The molecular weight excluding hydrogens is 338 g/mol. The third kappa shape index (κ3) is 5.17. The molecule has 140 valence electrons. The SMILES string of the molecule is Cc1cc(CN2CCN(S(C)(=O)=O)CC2)ccc1OC1CCNCC1. The van der Waals surface area contributed by atoms with E-state index in [9.17, 15) is 8.42 Å². The van der Waals surface area contributed by atoms with Crippen LogP contribution < -0.4 is 10.1 Å². The molecule has 0 atom stereocenters. The van der Waals surface area contributed by atoms with E-state index in [4.69, 9.17) is 4.74 Å². The molecule has 1 aromatic rings. The second kappa shape index (κ2) is 8.03. The third-order valence-corrected chi connectivity index (χ3v) is 6.33. The summed E-state index contributed by atoms with van der Waals surface area (Å²) in [6.07, 6.45) is 3.72. The molecule has 25 heavy (non-hydrogen) atoms. The van der Waals surface area contributed by atoms with E-state index in [1.807, 2.05) is 0 Å². The van der Waals surface area contributed by atoms with Crippen molar-refractivity contribution in [1.82, 2.24) is 14.5 Å². The summed E-state index contributed by atoms with van der Waals surface area (Å²) in [6, 6.07) is 6.41. The predicted molar refractivity (Wildman–Crippen MR) is 99.4 cm³/mol. The van der Waals surface area contributed by atoms with Gasteiger partial charge in [-0.3, -0.25) is 4.90 Å². The summed E-state index contributed by atoms with van der Waals surface area (Å²) in [5, 5.41) is 3.36. The standard InChI is InChI=1S/C18H29N3O3S/c1-15-13-16(3-4-18(15)24-17-5-7-19-8-6-17)14-20-9-11-21(12-10-20)25(2,22)23/h3-4,13,17,19H,5-12,14H2,1-2H3. The Bertz CT molecular complexity index is 679. The van der Waals surface area contributed by atoms with Crippen molar-refractivity contribution >= 4 is 10.0 Å². The summed E-state index contributed by atoms with van der Waals surface area (Å²) < 4.78 is 30.9. The molecule has 6 nitrogen and oxygen atoms in total. The average Bonchev–Trinajstić information content (AvgIpc) is 2.58. The Morgan fingerprint density at radius 1 is 1.16 bits per heavy atom. The number of piperidine rings is 1. The monoisotopic (exact) mass is 367 g/mol. The molecule has 0 aliphatic carbocycles. The molecule has 2 saturated heterocycles. The van der Waals surface area contributed by atoms with E-state index in [0.717, 1.165) is 51.3 Å². The van der Waals surface area contributed by atoms with Gasteiger partial charge in [0.05, 0.1) is 6.26 Å². The van der Waals surface area contributed by atoms with E-state index < -0.39 is 10.0 Å². The maximum atomic E-state index is 11.6. The Balaban J connectivity index is 1.54. The van der Waals surface area contributed by atoms with Crippen LogP contribution in [0, 0.1) is 6.92 Å². The molecule has 2 fully saturated rings. The molecule has 7 heteroatoms. The number of sulfonamides is 1. The predicted octanol–water partition coefficient (Wildman–Crippen LogP) is 1.20. The first-order valence-corrected chi connectivity index (χ1v) is 10.9. The maximum Gasteiger partial charge on any atom is 0.211 e. The van der Waals surface area contributed by atoms with Gasteiger partial charge >= 0.3 is 0 Å². The molecule has 1 N–H and O–H groups in total. The molecular formula is C18H29N3O3S. The smallest absolute Gasteiger partial charge is 0.211 e. The summed E-state index contributed by atoms with van der Waals surface area (Å²) in [5.74, 6) is 0.984. The van der Waals surface area contributed by atoms with Crippen LogP contribution in [0.25, 0.3) is 0 Å². The summed E-state index contributed by atoms with van der Waals surface area (Å²) in [4.78, 5) is 2.31. The van der Waals surface area contributed by atoms with Crippen LogP contribution in [-0.2, 0) is 16.6 Å². The number of nitrogens with zero attached hydrogens (tertiary/aromatic N) is 2. The van der Waals surface area contributed by atoms with Crippen LogP contribution in [0.15, 0.2) is 18.2 Å². The van der Waals surface area contributed by atoms with Crippen molar-refractivity contribution in [2.75, 3.05) is 45.5 Å². The highest BCUT2D eigenvalue weighted by atomic mass is 32.2. The zero-order valence-corrected chi connectivity index (χ0v) is 16.0. The van der Waals surface area contributed by atoms with Crippen LogP contribution in [0.3, 0.4) is 0 Å². The molecule has 0 unspecified atom stereocenters. The molecule has 0 saturated carbocycles. The van der Waals surface area contributed by atoms with Crippen molar-refractivity contribution in [3.63, 3.8) is 0 Å². The van der Waals surface area contributed by atoms with E-state index in [2.05, 4.69) is 35.3 Å². The molecule has 1 aromatic carbocycles. The Labute approximate surface area is 151 Å². The fourth-order valence-corrected chi connectivity index (χ4v) is 4.34. The van der Waals surface area contributed by atoms with E-state index in [1.54, 1.807) is 4.31 Å². The number of hydrogen-bond donors (Lipinski definition) is 1. The van der Waals surface area contributed by atoms with Crippen molar-refractivity contribution in [2.24, 2.45) is 0 Å². The number of hydrogen-bond acceptors (Lipinski definition) is 5. The summed E-state index contributed by atoms with van der Waals surface area (Å²) in [6.45, 7) is 7.72. The van der Waals surface area contributed by atoms with E-state index in [1.165, 1.54) is 17.4 Å². The van der Waals surface area contributed by atoms with Crippen molar-refractivity contribution in [1.29, 1.82) is 0 Å². The molecule has 2 heterocycles. The van der Waals surface area contributed by atoms with Crippen LogP contribution in [0.1, 0.15) is 24.0 Å². The van der Waals surface area contributed by atoms with Crippen molar-refractivity contribution < 1.29 is 13.2 Å². The van der Waals surface area contributed by atoms with Gasteiger partial charge in [0, 0.05) is 32.7 Å². The van der Waals surface area contributed by atoms with Crippen molar-refractivity contribution in [3.05, 3.63) is 29.3 Å². The first kappa shape index (κ1) is 18.6. The normalized spacial score (nSPS) is 21.4. The first-order chi connectivity index (χ1) is 11.9. The highest BCUT2D eigenvalue weighted by molar-refractivity contribution is 7.88. The molecule has 3 rings (SSSR count). The fourth-order valence-electron chi connectivity index (χ4n) is 3.51. The van der Waals surface area contributed by atoms with Gasteiger partial charge in [0.25, 0.3) is 0 Å². The van der Waals surface area contributed by atoms with Gasteiger partial charge in [0.15, 0.2) is 0 Å². The largest absolute Gasteiger partial charge is 0.490 e. The quantitative estimate of drug-likeness (QED) is 0.847. The number of benzene rings is 1.